The molecule has 1 aliphatic heterocycles. The highest BCUT2D eigenvalue weighted by atomic mass is 31.0. The van der Waals surface area contributed by atoms with E-state index in [1.165, 1.54) is 0 Å². The van der Waals surface area contributed by atoms with Gasteiger partial charge in [0.15, 0.2) is 6.29 Å². The Bertz CT molecular complexity index is 286. The molecule has 1 aliphatic carbocycles. The van der Waals surface area contributed by atoms with Gasteiger partial charge in [-0.2, -0.15) is 0 Å². The summed E-state index contributed by atoms with van der Waals surface area (Å²) in [6.07, 6.45) is -4.54. The number of aliphatic hydroxyl groups is 4. The summed E-state index contributed by atoms with van der Waals surface area (Å²) in [6, 6.07) is 0. The standard InChI is InChI=1S/C11H21O7P/c12-6-1-5(2-6)3-16-11-10(15)9(14)8(13)7(18-11)4-17-19/h5-15H,1-4,19H2. The van der Waals surface area contributed by atoms with Crippen LogP contribution < -0.4 is 0 Å². The molecule has 0 spiro atoms. The second-order valence-electron chi connectivity index (χ2n) is 5.17. The van der Waals surface area contributed by atoms with Crippen molar-refractivity contribution in [1.82, 2.24) is 0 Å². The zero-order valence-electron chi connectivity index (χ0n) is 10.5. The van der Waals surface area contributed by atoms with E-state index in [0.29, 0.717) is 19.4 Å². The van der Waals surface area contributed by atoms with Gasteiger partial charge in [-0.15, -0.1) is 0 Å². The molecule has 7 nitrogen and oxygen atoms in total. The molecule has 0 radical (unpaired) electrons. The van der Waals surface area contributed by atoms with Crippen molar-refractivity contribution in [2.75, 3.05) is 13.2 Å². The van der Waals surface area contributed by atoms with E-state index in [9.17, 15) is 15.3 Å². The molecule has 19 heavy (non-hydrogen) atoms. The van der Waals surface area contributed by atoms with Crippen LogP contribution in [0, 0.1) is 5.92 Å². The minimum atomic E-state index is -1.34. The first-order valence-electron chi connectivity index (χ1n) is 6.34. The molecule has 2 rings (SSSR count). The van der Waals surface area contributed by atoms with Gasteiger partial charge in [0.25, 0.3) is 0 Å². The van der Waals surface area contributed by atoms with Gasteiger partial charge in [-0.3, -0.25) is 0 Å². The molecule has 0 aromatic rings. The topological polar surface area (TPSA) is 109 Å². The van der Waals surface area contributed by atoms with Gasteiger partial charge in [0.1, 0.15) is 24.4 Å². The lowest BCUT2D eigenvalue weighted by molar-refractivity contribution is -0.303. The van der Waals surface area contributed by atoms with E-state index in [4.69, 9.17) is 19.1 Å². The van der Waals surface area contributed by atoms with E-state index in [1.807, 2.05) is 9.47 Å². The van der Waals surface area contributed by atoms with Gasteiger partial charge in [-0.1, -0.05) is 0 Å². The van der Waals surface area contributed by atoms with E-state index in [0.717, 1.165) is 0 Å². The maximum Gasteiger partial charge on any atom is 0.186 e. The molecule has 0 aromatic carbocycles. The summed E-state index contributed by atoms with van der Waals surface area (Å²) in [5.74, 6) is 0.242. The second kappa shape index (κ2) is 6.74. The first-order chi connectivity index (χ1) is 9.02. The average molecular weight is 296 g/mol. The molecule has 6 atom stereocenters. The number of aliphatic hydroxyl groups excluding tert-OH is 4. The highest BCUT2D eigenvalue weighted by Gasteiger charge is 2.44. The second-order valence-corrected chi connectivity index (χ2v) is 5.51. The molecule has 4 N–H and O–H groups in total. The Kier molecular flexibility index (Phi) is 5.51. The summed E-state index contributed by atoms with van der Waals surface area (Å²) >= 11 is 0. The normalized spacial score (nSPS) is 46.9. The van der Waals surface area contributed by atoms with E-state index in [-0.39, 0.29) is 18.6 Å². The fraction of sp³-hybridized carbons (Fsp3) is 1.00. The fourth-order valence-electron chi connectivity index (χ4n) is 2.35. The van der Waals surface area contributed by atoms with Crippen LogP contribution in [0.3, 0.4) is 0 Å². The average Bonchev–Trinajstić information content (AvgIpc) is 2.35. The third-order valence-corrected chi connectivity index (χ3v) is 3.83. The van der Waals surface area contributed by atoms with Crippen LogP contribution in [0.2, 0.25) is 0 Å². The van der Waals surface area contributed by atoms with Gasteiger partial charge in [0.2, 0.25) is 0 Å². The van der Waals surface area contributed by atoms with Crippen molar-refractivity contribution in [2.45, 2.75) is 49.7 Å². The van der Waals surface area contributed by atoms with Crippen LogP contribution >= 0.6 is 9.47 Å². The predicted octanol–water partition coefficient (Wildman–Crippen LogP) is -1.61. The summed E-state index contributed by atoms with van der Waals surface area (Å²) in [4.78, 5) is 0. The van der Waals surface area contributed by atoms with Crippen LogP contribution in [0.5, 0.6) is 0 Å². The summed E-state index contributed by atoms with van der Waals surface area (Å²) in [5.41, 5.74) is 0. The third kappa shape index (κ3) is 3.62. The Morgan fingerprint density at radius 2 is 1.68 bits per heavy atom. The van der Waals surface area contributed by atoms with Crippen LogP contribution in [-0.2, 0) is 14.0 Å². The monoisotopic (exact) mass is 296 g/mol. The van der Waals surface area contributed by atoms with E-state index in [1.54, 1.807) is 0 Å². The van der Waals surface area contributed by atoms with Crippen molar-refractivity contribution in [3.8, 4) is 0 Å². The highest BCUT2D eigenvalue weighted by Crippen LogP contribution is 2.29. The Morgan fingerprint density at radius 3 is 2.26 bits per heavy atom. The minimum Gasteiger partial charge on any atom is -0.393 e. The van der Waals surface area contributed by atoms with Gasteiger partial charge in [-0.25, -0.2) is 0 Å². The van der Waals surface area contributed by atoms with E-state index in [2.05, 4.69) is 0 Å². The van der Waals surface area contributed by atoms with Crippen LogP contribution in [0.4, 0.5) is 0 Å². The molecule has 1 heterocycles. The summed E-state index contributed by atoms with van der Waals surface area (Å²) in [7, 11) is 2.03. The van der Waals surface area contributed by atoms with Gasteiger partial charge in [0, 0.05) is 9.47 Å². The van der Waals surface area contributed by atoms with Crippen molar-refractivity contribution < 1.29 is 34.4 Å². The lowest BCUT2D eigenvalue weighted by Crippen LogP contribution is -2.59. The first kappa shape index (κ1) is 15.5. The van der Waals surface area contributed by atoms with Crippen LogP contribution in [0.15, 0.2) is 0 Å². The Balaban J connectivity index is 1.84. The maximum atomic E-state index is 9.79. The third-order valence-electron chi connectivity index (χ3n) is 3.64. The Morgan fingerprint density at radius 1 is 1.00 bits per heavy atom. The van der Waals surface area contributed by atoms with Gasteiger partial charge >= 0.3 is 0 Å². The smallest absolute Gasteiger partial charge is 0.186 e. The highest BCUT2D eigenvalue weighted by molar-refractivity contribution is 7.09. The van der Waals surface area contributed by atoms with Gasteiger partial charge < -0.3 is 34.4 Å². The number of hydrogen-bond acceptors (Lipinski definition) is 7. The predicted molar refractivity (Wildman–Crippen MR) is 67.0 cm³/mol. The molecule has 8 heteroatoms. The molecule has 0 bridgehead atoms. The van der Waals surface area contributed by atoms with Crippen molar-refractivity contribution >= 4 is 9.47 Å². The molecule has 2 aliphatic rings. The van der Waals surface area contributed by atoms with E-state index < -0.39 is 30.7 Å². The fourth-order valence-corrected chi connectivity index (χ4v) is 2.54. The SMILES string of the molecule is OC1CC(COC2OC(COP)C(O)C(O)C2O)C1. The lowest BCUT2D eigenvalue weighted by atomic mass is 9.83. The van der Waals surface area contributed by atoms with Crippen molar-refractivity contribution in [1.29, 1.82) is 0 Å². The summed E-state index contributed by atoms with van der Waals surface area (Å²) in [5, 5.41) is 38.4. The molecule has 0 amide bonds. The van der Waals surface area contributed by atoms with Gasteiger partial charge in [0.05, 0.1) is 19.3 Å². The van der Waals surface area contributed by atoms with Crippen LogP contribution in [-0.4, -0.2) is 70.4 Å². The quantitative estimate of drug-likeness (QED) is 0.452. The van der Waals surface area contributed by atoms with E-state index >= 15 is 0 Å². The first-order valence-corrected chi connectivity index (χ1v) is 6.81. The largest absolute Gasteiger partial charge is 0.393 e. The molecule has 112 valence electrons. The molecule has 0 aromatic heterocycles. The Hall–Kier alpha value is 0.150. The van der Waals surface area contributed by atoms with Crippen LogP contribution in [0.25, 0.3) is 0 Å². The maximum absolute atomic E-state index is 9.79. The van der Waals surface area contributed by atoms with Crippen LogP contribution in [0.1, 0.15) is 12.8 Å². The number of ether oxygens (including phenoxy) is 2. The van der Waals surface area contributed by atoms with Crippen molar-refractivity contribution in [3.05, 3.63) is 0 Å². The summed E-state index contributed by atoms with van der Waals surface area (Å²) < 4.78 is 15.6. The lowest BCUT2D eigenvalue weighted by Gasteiger charge is -2.41. The molecular weight excluding hydrogens is 275 g/mol. The molecule has 1 saturated carbocycles. The van der Waals surface area contributed by atoms with Gasteiger partial charge in [-0.05, 0) is 18.8 Å². The van der Waals surface area contributed by atoms with Crippen molar-refractivity contribution in [3.63, 3.8) is 0 Å². The minimum absolute atomic E-state index is 0.0671. The molecule has 2 fully saturated rings. The molecular formula is C11H21O7P. The zero-order valence-corrected chi connectivity index (χ0v) is 11.6. The summed E-state index contributed by atoms with van der Waals surface area (Å²) in [6.45, 7) is 0.410. The van der Waals surface area contributed by atoms with Crippen molar-refractivity contribution in [2.24, 2.45) is 5.92 Å². The Labute approximate surface area is 113 Å². The zero-order chi connectivity index (χ0) is 14.0. The number of rotatable bonds is 5. The molecule has 1 saturated heterocycles. The number of hydrogen-bond donors (Lipinski definition) is 4. The molecule has 6 unspecified atom stereocenters.